The van der Waals surface area contributed by atoms with E-state index in [2.05, 4.69) is 69.6 Å². The molecule has 0 amide bonds. The topological polar surface area (TPSA) is 35.5 Å². The van der Waals surface area contributed by atoms with Crippen molar-refractivity contribution in [2.45, 2.75) is 110 Å². The van der Waals surface area contributed by atoms with Gasteiger partial charge in [-0.15, -0.1) is 0 Å². The van der Waals surface area contributed by atoms with E-state index in [1.807, 2.05) is 6.07 Å². The predicted octanol–water partition coefficient (Wildman–Crippen LogP) is 8.91. The van der Waals surface area contributed by atoms with Crippen molar-refractivity contribution >= 4 is 5.97 Å². The van der Waals surface area contributed by atoms with E-state index < -0.39 is 0 Å². The van der Waals surface area contributed by atoms with Gasteiger partial charge in [-0.25, -0.2) is 0 Å². The highest BCUT2D eigenvalue weighted by Gasteiger charge is 2.15. The number of rotatable bonds is 23. The van der Waals surface area contributed by atoms with E-state index in [1.165, 1.54) is 75.3 Å². The second-order valence-electron chi connectivity index (χ2n) is 11.8. The molecule has 0 saturated carbocycles. The minimum Gasteiger partial charge on any atom is -0.493 e. The van der Waals surface area contributed by atoms with Crippen LogP contribution in [0.1, 0.15) is 108 Å². The summed E-state index contributed by atoms with van der Waals surface area (Å²) in [5, 5.41) is 0. The molecule has 0 radical (unpaired) electrons. The van der Waals surface area contributed by atoms with E-state index in [9.17, 15) is 4.79 Å². The largest absolute Gasteiger partial charge is 0.493 e. The molecule has 0 atom stereocenters. The summed E-state index contributed by atoms with van der Waals surface area (Å²) in [6.45, 7) is 5.33. The molecule has 0 aliphatic heterocycles. The summed E-state index contributed by atoms with van der Waals surface area (Å²) in [6, 6.07) is 19.1. The number of esters is 1. The van der Waals surface area contributed by atoms with Gasteiger partial charge in [0.05, 0.1) is 33.9 Å². The number of hydrogen-bond donors (Lipinski definition) is 0. The Balaban J connectivity index is 1.46. The van der Waals surface area contributed by atoms with Crippen molar-refractivity contribution in [3.05, 3.63) is 65.7 Å². The van der Waals surface area contributed by atoms with Crippen LogP contribution >= 0.6 is 0 Å². The first-order chi connectivity index (χ1) is 19.0. The third-order valence-corrected chi connectivity index (χ3v) is 7.39. The van der Waals surface area contributed by atoms with Gasteiger partial charge in [0.2, 0.25) is 0 Å². The second-order valence-corrected chi connectivity index (χ2v) is 11.8. The summed E-state index contributed by atoms with van der Waals surface area (Å²) in [6.07, 6.45) is 17.9. The van der Waals surface area contributed by atoms with E-state index in [4.69, 9.17) is 9.47 Å². The number of aryl methyl sites for hydroxylation is 1. The lowest BCUT2D eigenvalue weighted by molar-refractivity contribution is -0.903. The normalized spacial score (nSPS) is 11.5. The van der Waals surface area contributed by atoms with Gasteiger partial charge in [0.15, 0.2) is 0 Å². The fraction of sp³-hybridized carbons (Fsp3) is 0.629. The minimum atomic E-state index is -0.0955. The fourth-order valence-corrected chi connectivity index (χ4v) is 5.08. The zero-order valence-electron chi connectivity index (χ0n) is 25.3. The molecule has 0 heterocycles. The van der Waals surface area contributed by atoms with Crippen molar-refractivity contribution in [3.8, 4) is 5.75 Å². The lowest BCUT2D eigenvalue weighted by atomic mass is 10.0. The van der Waals surface area contributed by atoms with Crippen LogP contribution in [0.3, 0.4) is 0 Å². The smallest absolute Gasteiger partial charge is 0.305 e. The van der Waals surface area contributed by atoms with Gasteiger partial charge in [-0.3, -0.25) is 4.79 Å². The lowest BCUT2D eigenvalue weighted by Crippen LogP contribution is -2.39. The van der Waals surface area contributed by atoms with Crippen molar-refractivity contribution in [2.75, 3.05) is 33.9 Å². The summed E-state index contributed by atoms with van der Waals surface area (Å²) < 4.78 is 12.3. The van der Waals surface area contributed by atoms with Gasteiger partial charge in [-0.05, 0) is 43.4 Å². The zero-order chi connectivity index (χ0) is 28.0. The number of nitrogens with zero attached hydrogens (tertiary/aromatic N) is 1. The van der Waals surface area contributed by atoms with E-state index in [1.54, 1.807) is 0 Å². The van der Waals surface area contributed by atoms with Crippen LogP contribution in [0.4, 0.5) is 0 Å². The molecule has 0 aliphatic rings. The molecule has 218 valence electrons. The van der Waals surface area contributed by atoms with Crippen LogP contribution in [-0.4, -0.2) is 44.3 Å². The van der Waals surface area contributed by atoms with Crippen LogP contribution in [0.5, 0.6) is 5.75 Å². The van der Waals surface area contributed by atoms with Crippen molar-refractivity contribution in [1.29, 1.82) is 0 Å². The highest BCUT2D eigenvalue weighted by atomic mass is 16.5. The van der Waals surface area contributed by atoms with Gasteiger partial charge < -0.3 is 14.0 Å². The fourth-order valence-electron chi connectivity index (χ4n) is 5.08. The number of carbonyl (C=O) groups excluding carboxylic acids is 1. The molecule has 2 aromatic rings. The van der Waals surface area contributed by atoms with Crippen molar-refractivity contribution in [3.63, 3.8) is 0 Å². The summed E-state index contributed by atoms with van der Waals surface area (Å²) in [5.41, 5.74) is 2.70. The van der Waals surface area contributed by atoms with Gasteiger partial charge in [0.1, 0.15) is 12.3 Å². The number of ether oxygens (including phenoxy) is 2. The molecule has 0 unspecified atom stereocenters. The Morgan fingerprint density at radius 1 is 0.692 bits per heavy atom. The molecule has 4 heteroatoms. The van der Waals surface area contributed by atoms with Crippen LogP contribution in [-0.2, 0) is 22.5 Å². The first kappa shape index (κ1) is 32.9. The quantitative estimate of drug-likeness (QED) is 0.0805. The lowest BCUT2D eigenvalue weighted by Gasteiger charge is -2.30. The molecule has 0 fully saturated rings. The first-order valence-corrected chi connectivity index (χ1v) is 15.7. The maximum absolute atomic E-state index is 12.1. The molecule has 0 N–H and O–H groups in total. The van der Waals surface area contributed by atoms with Crippen LogP contribution in [0.2, 0.25) is 0 Å². The average molecular weight is 539 g/mol. The number of carbonyl (C=O) groups is 1. The van der Waals surface area contributed by atoms with E-state index >= 15 is 0 Å². The van der Waals surface area contributed by atoms with Crippen molar-refractivity contribution in [1.82, 2.24) is 0 Å². The van der Waals surface area contributed by atoms with Crippen molar-refractivity contribution < 1.29 is 18.8 Å². The summed E-state index contributed by atoms with van der Waals surface area (Å²) in [4.78, 5) is 12.1. The Morgan fingerprint density at radius 2 is 1.36 bits per heavy atom. The third kappa shape index (κ3) is 17.1. The second kappa shape index (κ2) is 20.6. The summed E-state index contributed by atoms with van der Waals surface area (Å²) >= 11 is 0. The Morgan fingerprint density at radius 3 is 2.08 bits per heavy atom. The van der Waals surface area contributed by atoms with E-state index in [0.717, 1.165) is 49.0 Å². The minimum absolute atomic E-state index is 0.0955. The molecule has 2 rings (SSSR count). The van der Waals surface area contributed by atoms with Gasteiger partial charge in [-0.1, -0.05) is 107 Å². The van der Waals surface area contributed by atoms with Crippen molar-refractivity contribution in [2.24, 2.45) is 0 Å². The van der Waals surface area contributed by atoms with Gasteiger partial charge in [-0.2, -0.15) is 0 Å². The monoisotopic (exact) mass is 538 g/mol. The standard InChI is InChI=1S/C35H56NO3/c1-4-5-6-7-8-9-10-11-12-14-21-32-24-19-25-34(30-32)38-28-20-29-39-35(37)26-17-18-27-36(2,3)31-33-22-15-13-16-23-33/h13,15-16,19,22-25,30H,4-12,14,17-18,20-21,26-29,31H2,1-3H3/q+1. The SMILES string of the molecule is CCCCCCCCCCCCc1cccc(OCCCOC(=O)CCCC[N+](C)(C)Cc2ccccc2)c1. The highest BCUT2D eigenvalue weighted by Crippen LogP contribution is 2.17. The number of unbranched alkanes of at least 4 members (excludes halogenated alkanes) is 10. The molecule has 39 heavy (non-hydrogen) atoms. The summed E-state index contributed by atoms with van der Waals surface area (Å²) in [7, 11) is 4.50. The van der Waals surface area contributed by atoms with Gasteiger partial charge in [0, 0.05) is 18.4 Å². The predicted molar refractivity (Wildman–Crippen MR) is 164 cm³/mol. The molecule has 2 aromatic carbocycles. The number of benzene rings is 2. The van der Waals surface area contributed by atoms with Crippen LogP contribution in [0, 0.1) is 0 Å². The molecule has 0 aromatic heterocycles. The first-order valence-electron chi connectivity index (χ1n) is 15.7. The third-order valence-electron chi connectivity index (χ3n) is 7.39. The number of quaternary nitrogens is 1. The Labute approximate surface area is 239 Å². The Kier molecular flexibility index (Phi) is 17.3. The number of hydrogen-bond acceptors (Lipinski definition) is 3. The Bertz CT molecular complexity index is 880. The van der Waals surface area contributed by atoms with E-state index in [-0.39, 0.29) is 5.97 Å². The Hall–Kier alpha value is -2.33. The van der Waals surface area contributed by atoms with Crippen LogP contribution < -0.4 is 4.74 Å². The molecule has 0 aliphatic carbocycles. The highest BCUT2D eigenvalue weighted by molar-refractivity contribution is 5.69. The molecule has 0 bridgehead atoms. The van der Waals surface area contributed by atoms with Crippen LogP contribution in [0.25, 0.3) is 0 Å². The maximum atomic E-state index is 12.1. The average Bonchev–Trinajstić information content (AvgIpc) is 2.92. The molecule has 0 saturated heterocycles. The van der Waals surface area contributed by atoms with E-state index in [0.29, 0.717) is 19.6 Å². The molecule has 0 spiro atoms. The molecular formula is C35H56NO3+. The molecular weight excluding hydrogens is 482 g/mol. The maximum Gasteiger partial charge on any atom is 0.305 e. The van der Waals surface area contributed by atoms with Gasteiger partial charge >= 0.3 is 5.97 Å². The summed E-state index contributed by atoms with van der Waals surface area (Å²) in [5.74, 6) is 0.823. The van der Waals surface area contributed by atoms with Crippen LogP contribution in [0.15, 0.2) is 54.6 Å². The zero-order valence-corrected chi connectivity index (χ0v) is 25.3. The molecule has 4 nitrogen and oxygen atoms in total. The van der Waals surface area contributed by atoms with Gasteiger partial charge in [0.25, 0.3) is 0 Å².